The molecule has 2 fully saturated rings. The number of hydrogen-bond donors (Lipinski definition) is 2. The molecule has 7 heteroatoms. The maximum atomic E-state index is 11.9. The van der Waals surface area contributed by atoms with Gasteiger partial charge in [-0.3, -0.25) is 19.2 Å². The zero-order chi connectivity index (χ0) is 16.4. The van der Waals surface area contributed by atoms with Gasteiger partial charge in [-0.05, 0) is 25.7 Å². The monoisotopic (exact) mass is 317 g/mol. The van der Waals surface area contributed by atoms with Crippen molar-refractivity contribution in [3.63, 3.8) is 0 Å². The number of carbonyl (C=O) groups is 2. The molecule has 124 valence electrons. The second kappa shape index (κ2) is 6.54. The number of hydrogen-bond acceptors (Lipinski definition) is 4. The van der Waals surface area contributed by atoms with Gasteiger partial charge in [-0.1, -0.05) is 5.57 Å². The third-order valence-corrected chi connectivity index (χ3v) is 4.48. The first-order valence-corrected chi connectivity index (χ1v) is 8.06. The minimum absolute atomic E-state index is 0.0192. The first-order valence-electron chi connectivity index (χ1n) is 8.06. The van der Waals surface area contributed by atoms with Gasteiger partial charge in [0.1, 0.15) is 0 Å². The molecule has 2 heterocycles. The highest BCUT2D eigenvalue weighted by molar-refractivity contribution is 5.92. The number of primary amides is 1. The molecule has 1 atom stereocenters. The average molecular weight is 317 g/mol. The third-order valence-electron chi connectivity index (χ3n) is 4.48. The molecular weight excluding hydrogens is 294 g/mol. The third kappa shape index (κ3) is 3.79. The van der Waals surface area contributed by atoms with Crippen LogP contribution in [0.2, 0.25) is 0 Å². The maximum absolute atomic E-state index is 11.9. The molecule has 2 amide bonds. The number of aryl methyl sites for hydroxylation is 1. The molecule has 0 aromatic carbocycles. The van der Waals surface area contributed by atoms with E-state index in [-0.39, 0.29) is 11.9 Å². The van der Waals surface area contributed by atoms with Crippen LogP contribution in [0.25, 0.3) is 0 Å². The van der Waals surface area contributed by atoms with Crippen molar-refractivity contribution in [2.45, 2.75) is 38.3 Å². The average Bonchev–Trinajstić information content (AvgIpc) is 3.01. The number of carbonyl (C=O) groups excluding carboxylic acids is 2. The summed E-state index contributed by atoms with van der Waals surface area (Å²) in [4.78, 5) is 25.6. The van der Waals surface area contributed by atoms with Crippen molar-refractivity contribution in [1.29, 1.82) is 0 Å². The normalized spacial score (nSPS) is 21.1. The van der Waals surface area contributed by atoms with Gasteiger partial charge in [-0.25, -0.2) is 0 Å². The topological polar surface area (TPSA) is 93.2 Å². The van der Waals surface area contributed by atoms with Crippen molar-refractivity contribution in [2.24, 2.45) is 12.8 Å². The zero-order valence-electron chi connectivity index (χ0n) is 13.4. The maximum Gasteiger partial charge on any atom is 0.269 e. The standard InChI is InChI=1S/C16H23N5O2/c1-20-8-12(15(19-20)16(17)23)9-21-6-5-13(10-21)18-14(22)7-11-3-2-4-11/h7-8,13H,2-6,9-10H2,1H3,(H2,17,23)(H,18,22). The summed E-state index contributed by atoms with van der Waals surface area (Å²) >= 11 is 0. The summed E-state index contributed by atoms with van der Waals surface area (Å²) in [7, 11) is 1.77. The lowest BCUT2D eigenvalue weighted by Gasteiger charge is -2.18. The Morgan fingerprint density at radius 3 is 2.91 bits per heavy atom. The van der Waals surface area contributed by atoms with E-state index in [0.717, 1.165) is 37.9 Å². The van der Waals surface area contributed by atoms with Crippen LogP contribution in [0.4, 0.5) is 0 Å². The Labute approximate surface area is 135 Å². The smallest absolute Gasteiger partial charge is 0.269 e. The molecule has 7 nitrogen and oxygen atoms in total. The van der Waals surface area contributed by atoms with E-state index in [9.17, 15) is 9.59 Å². The molecule has 0 spiro atoms. The van der Waals surface area contributed by atoms with Crippen LogP contribution in [-0.4, -0.2) is 45.6 Å². The molecule has 1 aromatic rings. The van der Waals surface area contributed by atoms with Crippen molar-refractivity contribution >= 4 is 11.8 Å². The van der Waals surface area contributed by atoms with E-state index in [0.29, 0.717) is 12.2 Å². The number of aromatic nitrogens is 2. The molecule has 1 saturated heterocycles. The van der Waals surface area contributed by atoms with Gasteiger partial charge in [0.2, 0.25) is 5.91 Å². The molecule has 3 N–H and O–H groups in total. The molecule has 1 saturated carbocycles. The van der Waals surface area contributed by atoms with Crippen LogP contribution in [0.3, 0.4) is 0 Å². The number of nitrogens with zero attached hydrogens (tertiary/aromatic N) is 3. The van der Waals surface area contributed by atoms with E-state index in [1.54, 1.807) is 17.8 Å². The van der Waals surface area contributed by atoms with Crippen molar-refractivity contribution in [3.05, 3.63) is 29.1 Å². The van der Waals surface area contributed by atoms with E-state index in [1.807, 2.05) is 6.20 Å². The highest BCUT2D eigenvalue weighted by atomic mass is 16.2. The highest BCUT2D eigenvalue weighted by Gasteiger charge is 2.25. The van der Waals surface area contributed by atoms with Gasteiger partial charge in [0.15, 0.2) is 5.69 Å². The number of nitrogens with two attached hydrogens (primary N) is 1. The summed E-state index contributed by atoms with van der Waals surface area (Å²) in [6.07, 6.45) is 7.80. The van der Waals surface area contributed by atoms with E-state index >= 15 is 0 Å². The molecular formula is C16H23N5O2. The summed E-state index contributed by atoms with van der Waals surface area (Å²) in [6.45, 7) is 2.29. The number of amides is 2. The van der Waals surface area contributed by atoms with Crippen LogP contribution in [0.1, 0.15) is 41.7 Å². The highest BCUT2D eigenvalue weighted by Crippen LogP contribution is 2.24. The number of rotatable bonds is 5. The van der Waals surface area contributed by atoms with Gasteiger partial charge < -0.3 is 11.1 Å². The van der Waals surface area contributed by atoms with Crippen molar-refractivity contribution in [2.75, 3.05) is 13.1 Å². The Morgan fingerprint density at radius 1 is 1.48 bits per heavy atom. The Balaban J connectivity index is 1.53. The predicted molar refractivity (Wildman–Crippen MR) is 85.5 cm³/mol. The Hall–Kier alpha value is -2.15. The summed E-state index contributed by atoms with van der Waals surface area (Å²) in [6, 6.07) is 0.160. The van der Waals surface area contributed by atoms with Gasteiger partial charge >= 0.3 is 0 Å². The second-order valence-corrected chi connectivity index (χ2v) is 6.43. The van der Waals surface area contributed by atoms with Crippen LogP contribution in [0, 0.1) is 0 Å². The number of likely N-dealkylation sites (tertiary alicyclic amines) is 1. The van der Waals surface area contributed by atoms with Crippen molar-refractivity contribution < 1.29 is 9.59 Å². The minimum Gasteiger partial charge on any atom is -0.364 e. The lowest BCUT2D eigenvalue weighted by atomic mass is 9.92. The molecule has 2 aliphatic rings. The fourth-order valence-electron chi connectivity index (χ4n) is 3.15. The van der Waals surface area contributed by atoms with Crippen LogP contribution >= 0.6 is 0 Å². The van der Waals surface area contributed by atoms with E-state index in [2.05, 4.69) is 15.3 Å². The van der Waals surface area contributed by atoms with Gasteiger partial charge in [0.25, 0.3) is 5.91 Å². The molecule has 0 bridgehead atoms. The van der Waals surface area contributed by atoms with Crippen LogP contribution in [0.5, 0.6) is 0 Å². The van der Waals surface area contributed by atoms with Crippen LogP contribution < -0.4 is 11.1 Å². The van der Waals surface area contributed by atoms with Crippen molar-refractivity contribution in [1.82, 2.24) is 20.0 Å². The van der Waals surface area contributed by atoms with Crippen molar-refractivity contribution in [3.8, 4) is 0 Å². The molecule has 1 aromatic heterocycles. The van der Waals surface area contributed by atoms with Gasteiger partial charge in [0.05, 0.1) is 0 Å². The first kappa shape index (κ1) is 15.7. The second-order valence-electron chi connectivity index (χ2n) is 6.43. The minimum atomic E-state index is -0.503. The van der Waals surface area contributed by atoms with Crippen LogP contribution in [0.15, 0.2) is 17.8 Å². The molecule has 1 unspecified atom stereocenters. The largest absolute Gasteiger partial charge is 0.364 e. The van der Waals surface area contributed by atoms with Gasteiger partial charge in [-0.2, -0.15) is 5.10 Å². The lowest BCUT2D eigenvalue weighted by Crippen LogP contribution is -2.36. The number of nitrogens with one attached hydrogen (secondary N) is 1. The van der Waals surface area contributed by atoms with Gasteiger partial charge in [-0.15, -0.1) is 0 Å². The predicted octanol–water partition coefficient (Wildman–Crippen LogP) is 0.320. The fraction of sp³-hybridized carbons (Fsp3) is 0.562. The Morgan fingerprint density at radius 2 is 2.26 bits per heavy atom. The number of allylic oxidation sites excluding steroid dienone is 1. The summed E-state index contributed by atoms with van der Waals surface area (Å²) in [5.74, 6) is -0.484. The fourth-order valence-corrected chi connectivity index (χ4v) is 3.15. The molecule has 23 heavy (non-hydrogen) atoms. The first-order chi connectivity index (χ1) is 11.0. The molecule has 0 radical (unpaired) electrons. The molecule has 1 aliphatic heterocycles. The quantitative estimate of drug-likeness (QED) is 0.765. The van der Waals surface area contributed by atoms with Crippen LogP contribution in [-0.2, 0) is 18.4 Å². The molecule has 1 aliphatic carbocycles. The van der Waals surface area contributed by atoms with E-state index in [1.165, 1.54) is 12.0 Å². The van der Waals surface area contributed by atoms with E-state index in [4.69, 9.17) is 5.73 Å². The zero-order valence-corrected chi connectivity index (χ0v) is 13.4. The summed E-state index contributed by atoms with van der Waals surface area (Å²) in [5.41, 5.74) is 7.78. The summed E-state index contributed by atoms with van der Waals surface area (Å²) < 4.78 is 1.61. The Kier molecular flexibility index (Phi) is 4.47. The lowest BCUT2D eigenvalue weighted by molar-refractivity contribution is -0.117. The SMILES string of the molecule is Cn1cc(CN2CCC(NC(=O)C=C3CCC3)C2)c(C(N)=O)n1. The Bertz CT molecular complexity index is 643. The summed E-state index contributed by atoms with van der Waals surface area (Å²) in [5, 5.41) is 7.17. The molecule has 3 rings (SSSR count). The van der Waals surface area contributed by atoms with E-state index < -0.39 is 5.91 Å². The van der Waals surface area contributed by atoms with Gasteiger partial charge in [0, 0.05) is 50.6 Å².